The van der Waals surface area contributed by atoms with Crippen molar-refractivity contribution in [3.8, 4) is 0 Å². The lowest BCUT2D eigenvalue weighted by Crippen LogP contribution is -2.28. The van der Waals surface area contributed by atoms with Gasteiger partial charge in [0.25, 0.3) is 0 Å². The molecule has 0 saturated heterocycles. The molecule has 1 saturated carbocycles. The van der Waals surface area contributed by atoms with Gasteiger partial charge in [-0.2, -0.15) is 0 Å². The molecule has 0 bridgehead atoms. The van der Waals surface area contributed by atoms with E-state index in [4.69, 9.17) is 0 Å². The number of hydrogen-bond acceptors (Lipinski definition) is 1. The number of carbonyl (C=O) groups excluding carboxylic acids is 1. The van der Waals surface area contributed by atoms with Crippen molar-refractivity contribution in [3.05, 3.63) is 47.5 Å². The number of hydrogen-bond donors (Lipinski definition) is 1. The van der Waals surface area contributed by atoms with Crippen LogP contribution in [0.4, 0.5) is 0 Å². The minimum absolute atomic E-state index is 0.105. The number of rotatable bonds is 5. The average molecular weight is 271 g/mol. The maximum atomic E-state index is 12.3. The van der Waals surface area contributed by atoms with Crippen molar-refractivity contribution in [3.63, 3.8) is 0 Å². The third-order valence-electron chi connectivity index (χ3n) is 4.26. The van der Waals surface area contributed by atoms with Crippen molar-refractivity contribution < 1.29 is 4.79 Å². The highest BCUT2D eigenvalue weighted by atomic mass is 16.2. The molecule has 1 aliphatic carbocycles. The summed E-state index contributed by atoms with van der Waals surface area (Å²) in [5, 5.41) is 3.08. The number of carbonyl (C=O) groups is 1. The van der Waals surface area contributed by atoms with Gasteiger partial charge in [-0.05, 0) is 37.2 Å². The van der Waals surface area contributed by atoms with Crippen molar-refractivity contribution in [2.24, 2.45) is 17.3 Å². The van der Waals surface area contributed by atoms with Gasteiger partial charge < -0.3 is 5.32 Å². The molecule has 1 fully saturated rings. The summed E-state index contributed by atoms with van der Waals surface area (Å²) in [7, 11) is 0. The molecule has 1 aromatic rings. The summed E-state index contributed by atoms with van der Waals surface area (Å²) in [6.07, 6.45) is 3.13. The van der Waals surface area contributed by atoms with Crippen molar-refractivity contribution in [2.45, 2.75) is 34.1 Å². The van der Waals surface area contributed by atoms with Gasteiger partial charge in [-0.25, -0.2) is 0 Å². The van der Waals surface area contributed by atoms with Gasteiger partial charge in [0.1, 0.15) is 0 Å². The van der Waals surface area contributed by atoms with Gasteiger partial charge in [0.05, 0.1) is 5.92 Å². The molecule has 1 amide bonds. The molecule has 1 aliphatic rings. The first-order valence-corrected chi connectivity index (χ1v) is 7.39. The molecular formula is C18H25NO. The van der Waals surface area contributed by atoms with E-state index in [-0.39, 0.29) is 17.2 Å². The van der Waals surface area contributed by atoms with Crippen LogP contribution in [0.1, 0.15) is 33.3 Å². The van der Waals surface area contributed by atoms with Gasteiger partial charge >= 0.3 is 0 Å². The summed E-state index contributed by atoms with van der Waals surface area (Å²) in [6, 6.07) is 10.3. The highest BCUT2D eigenvalue weighted by Gasteiger charge is 2.60. The third kappa shape index (κ3) is 3.30. The lowest BCUT2D eigenvalue weighted by Gasteiger charge is -2.06. The van der Waals surface area contributed by atoms with E-state index in [2.05, 4.69) is 51.2 Å². The van der Waals surface area contributed by atoms with E-state index in [9.17, 15) is 4.79 Å². The summed E-state index contributed by atoms with van der Waals surface area (Å²) < 4.78 is 0. The maximum Gasteiger partial charge on any atom is 0.224 e. The molecule has 0 aliphatic heterocycles. The van der Waals surface area contributed by atoms with E-state index in [1.807, 2.05) is 18.2 Å². The number of amides is 1. The predicted octanol–water partition coefficient (Wildman–Crippen LogP) is 3.58. The molecule has 0 heterocycles. The molecular weight excluding hydrogens is 246 g/mol. The highest BCUT2D eigenvalue weighted by Crippen LogP contribution is 2.59. The normalized spacial score (nSPS) is 23.0. The van der Waals surface area contributed by atoms with Crippen LogP contribution in [-0.2, 0) is 11.2 Å². The molecule has 108 valence electrons. The molecule has 1 N–H and O–H groups in total. The minimum Gasteiger partial charge on any atom is -0.355 e. The van der Waals surface area contributed by atoms with Gasteiger partial charge in [-0.3, -0.25) is 4.79 Å². The highest BCUT2D eigenvalue weighted by molar-refractivity contribution is 5.83. The first-order chi connectivity index (χ1) is 9.43. The molecule has 2 nitrogen and oxygen atoms in total. The van der Waals surface area contributed by atoms with E-state index in [0.717, 1.165) is 13.0 Å². The topological polar surface area (TPSA) is 29.1 Å². The van der Waals surface area contributed by atoms with Crippen LogP contribution in [0.15, 0.2) is 42.0 Å². The summed E-state index contributed by atoms with van der Waals surface area (Å²) in [6.45, 7) is 9.27. The van der Waals surface area contributed by atoms with Gasteiger partial charge in [-0.1, -0.05) is 55.8 Å². The summed E-state index contributed by atoms with van der Waals surface area (Å²) in [5.74, 6) is 0.728. The van der Waals surface area contributed by atoms with Crippen LogP contribution in [0, 0.1) is 17.3 Å². The fraction of sp³-hybridized carbons (Fsp3) is 0.500. The maximum absolute atomic E-state index is 12.3. The van der Waals surface area contributed by atoms with Crippen LogP contribution in [0.2, 0.25) is 0 Å². The third-order valence-corrected chi connectivity index (χ3v) is 4.26. The summed E-state index contributed by atoms with van der Waals surface area (Å²) >= 11 is 0. The Morgan fingerprint density at radius 2 is 1.90 bits per heavy atom. The van der Waals surface area contributed by atoms with Crippen molar-refractivity contribution >= 4 is 5.91 Å². The average Bonchev–Trinajstić information content (AvgIpc) is 2.91. The fourth-order valence-corrected chi connectivity index (χ4v) is 2.93. The number of allylic oxidation sites excluding steroid dienone is 2. The molecule has 1 aromatic carbocycles. The van der Waals surface area contributed by atoms with Crippen LogP contribution in [0.5, 0.6) is 0 Å². The molecule has 2 rings (SSSR count). The first kappa shape index (κ1) is 14.8. The fourth-order valence-electron chi connectivity index (χ4n) is 2.93. The van der Waals surface area contributed by atoms with E-state index in [1.54, 1.807) is 0 Å². The largest absolute Gasteiger partial charge is 0.355 e. The smallest absolute Gasteiger partial charge is 0.224 e. The van der Waals surface area contributed by atoms with Gasteiger partial charge in [0.2, 0.25) is 5.91 Å². The molecule has 2 atom stereocenters. The second-order valence-corrected chi connectivity index (χ2v) is 6.60. The Kier molecular flexibility index (Phi) is 4.32. The zero-order valence-corrected chi connectivity index (χ0v) is 12.9. The zero-order chi connectivity index (χ0) is 14.8. The van der Waals surface area contributed by atoms with Crippen molar-refractivity contribution in [1.29, 1.82) is 0 Å². The monoisotopic (exact) mass is 271 g/mol. The zero-order valence-electron chi connectivity index (χ0n) is 12.9. The van der Waals surface area contributed by atoms with Gasteiger partial charge in [0, 0.05) is 6.54 Å². The Labute approximate surface area is 122 Å². The van der Waals surface area contributed by atoms with E-state index in [1.165, 1.54) is 11.1 Å². The number of benzene rings is 1. The number of nitrogens with one attached hydrogen (secondary N) is 1. The van der Waals surface area contributed by atoms with Crippen LogP contribution in [-0.4, -0.2) is 12.5 Å². The second-order valence-electron chi connectivity index (χ2n) is 6.60. The standard InChI is InChI=1S/C18H25NO/c1-13(2)12-15-16(18(15,3)4)17(20)19-11-10-14-8-6-5-7-9-14/h5-9,12,15-16H,10-11H2,1-4H3,(H,19,20)/t15-,16+/m0/s1. The Hall–Kier alpha value is -1.57. The minimum atomic E-state index is 0.105. The SMILES string of the molecule is CC(C)=C[C@H]1[C@H](C(=O)NCCc2ccccc2)C1(C)C. The van der Waals surface area contributed by atoms with Gasteiger partial charge in [0.15, 0.2) is 0 Å². The first-order valence-electron chi connectivity index (χ1n) is 7.39. The van der Waals surface area contributed by atoms with Crippen LogP contribution in [0.3, 0.4) is 0 Å². The van der Waals surface area contributed by atoms with Gasteiger partial charge in [-0.15, -0.1) is 0 Å². The van der Waals surface area contributed by atoms with Crippen molar-refractivity contribution in [2.75, 3.05) is 6.54 Å². The van der Waals surface area contributed by atoms with Crippen molar-refractivity contribution in [1.82, 2.24) is 5.32 Å². The van der Waals surface area contributed by atoms with E-state index >= 15 is 0 Å². The molecule has 2 heteroatoms. The molecule has 0 radical (unpaired) electrons. The molecule has 20 heavy (non-hydrogen) atoms. The summed E-state index contributed by atoms with van der Waals surface area (Å²) in [4.78, 5) is 12.3. The van der Waals surface area contributed by atoms with Crippen LogP contribution < -0.4 is 5.32 Å². The van der Waals surface area contributed by atoms with Crippen LogP contribution in [0.25, 0.3) is 0 Å². The van der Waals surface area contributed by atoms with E-state index < -0.39 is 0 Å². The Morgan fingerprint density at radius 3 is 2.50 bits per heavy atom. The Balaban J connectivity index is 1.83. The van der Waals surface area contributed by atoms with E-state index in [0.29, 0.717) is 5.92 Å². The molecule has 0 aromatic heterocycles. The Bertz CT molecular complexity index is 497. The lowest BCUT2D eigenvalue weighted by atomic mass is 10.1. The molecule has 0 unspecified atom stereocenters. The Morgan fingerprint density at radius 1 is 1.25 bits per heavy atom. The summed E-state index contributed by atoms with van der Waals surface area (Å²) in [5.41, 5.74) is 2.67. The second kappa shape index (κ2) is 5.82. The predicted molar refractivity (Wildman–Crippen MR) is 83.3 cm³/mol. The van der Waals surface area contributed by atoms with Crippen LogP contribution >= 0.6 is 0 Å². The lowest BCUT2D eigenvalue weighted by molar-refractivity contribution is -0.123. The quantitative estimate of drug-likeness (QED) is 0.815. The molecule has 0 spiro atoms.